The van der Waals surface area contributed by atoms with E-state index in [4.69, 9.17) is 4.74 Å². The fourth-order valence-corrected chi connectivity index (χ4v) is 5.33. The first-order valence-electron chi connectivity index (χ1n) is 7.67. The Bertz CT molecular complexity index is 461. The van der Waals surface area contributed by atoms with Crippen LogP contribution in [0.3, 0.4) is 0 Å². The second-order valence-electron chi connectivity index (χ2n) is 6.47. The number of carbonyl (C=O) groups excluding carboxylic acids is 1. The van der Waals surface area contributed by atoms with Crippen LogP contribution >= 0.6 is 0 Å². The molecule has 0 spiro atoms. The molecule has 6 nitrogen and oxygen atoms in total. The highest BCUT2D eigenvalue weighted by molar-refractivity contribution is 7.86. The molecule has 0 aromatic heterocycles. The summed E-state index contributed by atoms with van der Waals surface area (Å²) >= 11 is 0. The van der Waals surface area contributed by atoms with E-state index >= 15 is 0 Å². The lowest BCUT2D eigenvalue weighted by Crippen LogP contribution is -2.51. The van der Waals surface area contributed by atoms with Gasteiger partial charge in [-0.15, -0.1) is 0 Å². The highest BCUT2D eigenvalue weighted by Crippen LogP contribution is 2.27. The summed E-state index contributed by atoms with van der Waals surface area (Å²) in [4.78, 5) is 11.5. The Balaban J connectivity index is 1.99. The van der Waals surface area contributed by atoms with Crippen molar-refractivity contribution >= 4 is 16.2 Å². The number of methoxy groups -OCH3 is 1. The lowest BCUT2D eigenvalue weighted by Gasteiger charge is -2.39. The minimum absolute atomic E-state index is 0.166. The predicted molar refractivity (Wildman–Crippen MR) is 79.8 cm³/mol. The van der Waals surface area contributed by atoms with E-state index in [0.29, 0.717) is 50.9 Å². The lowest BCUT2D eigenvalue weighted by molar-refractivity contribution is -0.146. The minimum Gasteiger partial charge on any atom is -0.469 e. The third-order valence-electron chi connectivity index (χ3n) is 4.48. The number of esters is 1. The fraction of sp³-hybridized carbons (Fsp3) is 0.929. The van der Waals surface area contributed by atoms with Crippen molar-refractivity contribution in [3.05, 3.63) is 0 Å². The normalized spacial score (nSPS) is 30.2. The summed E-state index contributed by atoms with van der Waals surface area (Å²) in [6.45, 7) is 6.21. The van der Waals surface area contributed by atoms with Gasteiger partial charge in [0.2, 0.25) is 0 Å². The van der Waals surface area contributed by atoms with E-state index < -0.39 is 10.2 Å². The van der Waals surface area contributed by atoms with Crippen LogP contribution in [-0.2, 0) is 19.7 Å². The molecule has 2 fully saturated rings. The van der Waals surface area contributed by atoms with E-state index in [9.17, 15) is 13.2 Å². The highest BCUT2D eigenvalue weighted by Gasteiger charge is 2.37. The molecule has 0 amide bonds. The molecule has 2 saturated heterocycles. The van der Waals surface area contributed by atoms with Gasteiger partial charge >= 0.3 is 5.97 Å². The van der Waals surface area contributed by atoms with Crippen LogP contribution < -0.4 is 0 Å². The number of carbonyl (C=O) groups is 1. The van der Waals surface area contributed by atoms with Gasteiger partial charge in [0.25, 0.3) is 10.2 Å². The smallest absolute Gasteiger partial charge is 0.308 e. The number of nitrogens with zero attached hydrogens (tertiary/aromatic N) is 2. The zero-order valence-corrected chi connectivity index (χ0v) is 13.9. The second-order valence-corrected chi connectivity index (χ2v) is 8.40. The van der Waals surface area contributed by atoms with E-state index in [1.54, 1.807) is 4.31 Å². The average molecular weight is 318 g/mol. The van der Waals surface area contributed by atoms with Gasteiger partial charge in [-0.3, -0.25) is 4.79 Å². The number of hydrogen-bond donors (Lipinski definition) is 0. The van der Waals surface area contributed by atoms with Gasteiger partial charge in [-0.05, 0) is 31.1 Å². The molecular formula is C14H26N2O4S. The first-order valence-corrected chi connectivity index (χ1v) is 9.07. The van der Waals surface area contributed by atoms with Crippen LogP contribution in [0.15, 0.2) is 0 Å². The van der Waals surface area contributed by atoms with Crippen molar-refractivity contribution in [1.29, 1.82) is 0 Å². The first kappa shape index (κ1) is 16.7. The molecular weight excluding hydrogens is 292 g/mol. The van der Waals surface area contributed by atoms with Crippen LogP contribution in [0.4, 0.5) is 0 Å². The van der Waals surface area contributed by atoms with Crippen molar-refractivity contribution in [2.24, 2.45) is 17.8 Å². The number of piperidine rings is 2. The van der Waals surface area contributed by atoms with Gasteiger partial charge in [0.15, 0.2) is 0 Å². The van der Waals surface area contributed by atoms with Crippen LogP contribution in [-0.4, -0.2) is 56.3 Å². The van der Waals surface area contributed by atoms with Crippen molar-refractivity contribution in [3.8, 4) is 0 Å². The zero-order chi connectivity index (χ0) is 15.6. The summed E-state index contributed by atoms with van der Waals surface area (Å²) in [5.41, 5.74) is 0. The van der Waals surface area contributed by atoms with Crippen molar-refractivity contribution in [1.82, 2.24) is 8.61 Å². The quantitative estimate of drug-likeness (QED) is 0.731. The van der Waals surface area contributed by atoms with Gasteiger partial charge < -0.3 is 4.74 Å². The molecule has 0 N–H and O–H groups in total. The molecule has 0 aromatic rings. The third-order valence-corrected chi connectivity index (χ3v) is 6.44. The molecule has 0 aliphatic carbocycles. The summed E-state index contributed by atoms with van der Waals surface area (Å²) in [5.74, 6) is 0.403. The topological polar surface area (TPSA) is 66.9 Å². The van der Waals surface area contributed by atoms with Gasteiger partial charge in [0.05, 0.1) is 13.0 Å². The molecule has 2 rings (SSSR count). The number of hydrogen-bond acceptors (Lipinski definition) is 4. The summed E-state index contributed by atoms with van der Waals surface area (Å²) in [7, 11) is -2.02. The van der Waals surface area contributed by atoms with Crippen LogP contribution in [0.1, 0.15) is 33.1 Å². The predicted octanol–water partition coefficient (Wildman–Crippen LogP) is 1.09. The van der Waals surface area contributed by atoms with E-state index in [-0.39, 0.29) is 11.9 Å². The van der Waals surface area contributed by atoms with Crippen LogP contribution in [0.25, 0.3) is 0 Å². The maximum Gasteiger partial charge on any atom is 0.308 e. The molecule has 21 heavy (non-hydrogen) atoms. The van der Waals surface area contributed by atoms with Crippen molar-refractivity contribution < 1.29 is 17.9 Å². The fourth-order valence-electron chi connectivity index (χ4n) is 3.45. The molecule has 2 aliphatic rings. The molecule has 0 aromatic carbocycles. The van der Waals surface area contributed by atoms with Crippen LogP contribution in [0, 0.1) is 17.8 Å². The summed E-state index contributed by atoms with van der Waals surface area (Å²) in [6, 6.07) is 0. The van der Waals surface area contributed by atoms with Crippen molar-refractivity contribution in [2.45, 2.75) is 33.1 Å². The second kappa shape index (κ2) is 6.62. The van der Waals surface area contributed by atoms with Gasteiger partial charge in [-0.25, -0.2) is 0 Å². The summed E-state index contributed by atoms with van der Waals surface area (Å²) < 4.78 is 33.3. The molecule has 0 radical (unpaired) electrons. The summed E-state index contributed by atoms with van der Waals surface area (Å²) in [6.07, 6.45) is 2.17. The maximum atomic E-state index is 12.7. The molecule has 0 saturated carbocycles. The molecule has 2 atom stereocenters. The Kier molecular flexibility index (Phi) is 5.27. The largest absolute Gasteiger partial charge is 0.469 e. The number of ether oxygens (including phenoxy) is 1. The minimum atomic E-state index is -3.39. The van der Waals surface area contributed by atoms with Crippen molar-refractivity contribution in [2.75, 3.05) is 33.3 Å². The molecule has 0 bridgehead atoms. The first-order chi connectivity index (χ1) is 9.84. The number of rotatable bonds is 3. The van der Waals surface area contributed by atoms with Crippen molar-refractivity contribution in [3.63, 3.8) is 0 Å². The Morgan fingerprint density at radius 2 is 1.57 bits per heavy atom. The average Bonchev–Trinajstić information content (AvgIpc) is 2.45. The SMILES string of the molecule is COC(=O)C1CCN(S(=O)(=O)N2C[C@@H](C)C[C@H](C)C2)CC1. The Morgan fingerprint density at radius 1 is 1.05 bits per heavy atom. The molecule has 122 valence electrons. The Labute approximate surface area is 127 Å². The van der Waals surface area contributed by atoms with E-state index in [2.05, 4.69) is 13.8 Å². The van der Waals surface area contributed by atoms with Gasteiger partial charge in [0.1, 0.15) is 0 Å². The van der Waals surface area contributed by atoms with Gasteiger partial charge in [-0.1, -0.05) is 13.8 Å². The zero-order valence-electron chi connectivity index (χ0n) is 13.1. The van der Waals surface area contributed by atoms with Crippen LogP contribution in [0.2, 0.25) is 0 Å². The Hall–Kier alpha value is -0.660. The molecule has 2 aliphatic heterocycles. The Morgan fingerprint density at radius 3 is 2.05 bits per heavy atom. The lowest BCUT2D eigenvalue weighted by atomic mass is 9.94. The molecule has 7 heteroatoms. The third kappa shape index (κ3) is 3.76. The van der Waals surface area contributed by atoms with Crippen LogP contribution in [0.5, 0.6) is 0 Å². The summed E-state index contributed by atoms with van der Waals surface area (Å²) in [5, 5.41) is 0. The van der Waals surface area contributed by atoms with Gasteiger partial charge in [0, 0.05) is 26.2 Å². The highest BCUT2D eigenvalue weighted by atomic mass is 32.2. The van der Waals surface area contributed by atoms with E-state index in [0.717, 1.165) is 6.42 Å². The monoisotopic (exact) mass is 318 g/mol. The molecule has 0 unspecified atom stereocenters. The standard InChI is InChI=1S/C14H26N2O4S/c1-11-8-12(2)10-16(9-11)21(18,19)15-6-4-13(5-7-15)14(17)20-3/h11-13H,4-10H2,1-3H3/t11-,12-/m0/s1. The van der Waals surface area contributed by atoms with E-state index in [1.165, 1.54) is 11.4 Å². The van der Waals surface area contributed by atoms with Gasteiger partial charge in [-0.2, -0.15) is 17.0 Å². The van der Waals surface area contributed by atoms with E-state index in [1.807, 2.05) is 0 Å². The molecule has 2 heterocycles. The maximum absolute atomic E-state index is 12.7.